The fourth-order valence-electron chi connectivity index (χ4n) is 1.75. The van der Waals surface area contributed by atoms with E-state index in [1.807, 2.05) is 31.2 Å². The lowest BCUT2D eigenvalue weighted by molar-refractivity contribution is 0.304. The second-order valence-electron chi connectivity index (χ2n) is 4.32. The van der Waals surface area contributed by atoms with Crippen molar-refractivity contribution in [2.45, 2.75) is 13.5 Å². The Morgan fingerprint density at radius 3 is 2.70 bits per heavy atom. The number of hydrogen-bond acceptors (Lipinski definition) is 2. The zero-order valence-corrected chi connectivity index (χ0v) is 11.2. The van der Waals surface area contributed by atoms with Gasteiger partial charge in [-0.2, -0.15) is 0 Å². The van der Waals surface area contributed by atoms with Gasteiger partial charge in [0.25, 0.3) is 0 Å². The minimum Gasteiger partial charge on any atom is -0.489 e. The molecule has 1 N–H and O–H groups in total. The maximum absolute atomic E-state index is 13.7. The zero-order chi connectivity index (χ0) is 14.4. The van der Waals surface area contributed by atoms with Gasteiger partial charge in [0.15, 0.2) is 0 Å². The van der Waals surface area contributed by atoms with Crippen molar-refractivity contribution < 1.29 is 14.2 Å². The van der Waals surface area contributed by atoms with Crippen molar-refractivity contribution in [1.29, 1.82) is 0 Å². The van der Waals surface area contributed by atoms with E-state index in [4.69, 9.17) is 9.84 Å². The Morgan fingerprint density at radius 1 is 1.20 bits per heavy atom. The van der Waals surface area contributed by atoms with Gasteiger partial charge in [-0.25, -0.2) is 4.39 Å². The van der Waals surface area contributed by atoms with Crippen LogP contribution in [0.4, 0.5) is 4.39 Å². The number of aryl methyl sites for hydroxylation is 1. The molecular formula is C17H15FO2. The highest BCUT2D eigenvalue weighted by atomic mass is 19.1. The monoisotopic (exact) mass is 270 g/mol. The van der Waals surface area contributed by atoms with Crippen molar-refractivity contribution in [1.82, 2.24) is 0 Å². The number of benzene rings is 2. The Hall–Kier alpha value is -2.31. The highest BCUT2D eigenvalue weighted by molar-refractivity contribution is 5.40. The average molecular weight is 270 g/mol. The highest BCUT2D eigenvalue weighted by Crippen LogP contribution is 2.18. The largest absolute Gasteiger partial charge is 0.489 e. The first-order valence-corrected chi connectivity index (χ1v) is 6.27. The molecule has 0 saturated carbocycles. The third kappa shape index (κ3) is 3.59. The molecule has 0 radical (unpaired) electrons. The number of halogens is 1. The molecule has 3 heteroatoms. The molecule has 0 bridgehead atoms. The van der Waals surface area contributed by atoms with Crippen molar-refractivity contribution in [3.63, 3.8) is 0 Å². The van der Waals surface area contributed by atoms with Crippen molar-refractivity contribution in [2.75, 3.05) is 6.61 Å². The van der Waals surface area contributed by atoms with Crippen LogP contribution >= 0.6 is 0 Å². The van der Waals surface area contributed by atoms with Gasteiger partial charge in [0.1, 0.15) is 24.8 Å². The molecule has 2 nitrogen and oxygen atoms in total. The maximum atomic E-state index is 13.7. The lowest BCUT2D eigenvalue weighted by Gasteiger charge is -2.09. The van der Waals surface area contributed by atoms with Crippen LogP contribution in [-0.4, -0.2) is 11.7 Å². The first-order chi connectivity index (χ1) is 9.70. The highest BCUT2D eigenvalue weighted by Gasteiger charge is 2.03. The van der Waals surface area contributed by atoms with Gasteiger partial charge in [0.2, 0.25) is 0 Å². The molecule has 0 aliphatic rings. The lowest BCUT2D eigenvalue weighted by atomic mass is 10.1. The molecule has 0 spiro atoms. The van der Waals surface area contributed by atoms with Crippen molar-refractivity contribution in [3.05, 3.63) is 65.0 Å². The fraction of sp³-hybridized carbons (Fsp3) is 0.176. The molecule has 0 atom stereocenters. The predicted octanol–water partition coefficient (Wildman–Crippen LogP) is 3.06. The number of aliphatic hydroxyl groups is 1. The molecule has 0 aromatic heterocycles. The zero-order valence-electron chi connectivity index (χ0n) is 11.2. The van der Waals surface area contributed by atoms with Crippen LogP contribution in [0.25, 0.3) is 0 Å². The van der Waals surface area contributed by atoms with E-state index in [-0.39, 0.29) is 12.2 Å². The van der Waals surface area contributed by atoms with E-state index in [1.54, 1.807) is 12.1 Å². The Labute approximate surface area is 117 Å². The van der Waals surface area contributed by atoms with Crippen molar-refractivity contribution in [2.24, 2.45) is 0 Å². The number of ether oxygens (including phenoxy) is 1. The summed E-state index contributed by atoms with van der Waals surface area (Å²) in [4.78, 5) is 0. The predicted molar refractivity (Wildman–Crippen MR) is 75.9 cm³/mol. The van der Waals surface area contributed by atoms with Gasteiger partial charge >= 0.3 is 0 Å². The first kappa shape index (κ1) is 14.1. The van der Waals surface area contributed by atoms with Gasteiger partial charge in [0.05, 0.1) is 5.56 Å². The van der Waals surface area contributed by atoms with E-state index in [0.717, 1.165) is 11.1 Å². The second kappa shape index (κ2) is 6.74. The van der Waals surface area contributed by atoms with Gasteiger partial charge in [-0.1, -0.05) is 36.1 Å². The summed E-state index contributed by atoms with van der Waals surface area (Å²) >= 11 is 0. The van der Waals surface area contributed by atoms with Crippen molar-refractivity contribution in [3.8, 4) is 17.6 Å². The van der Waals surface area contributed by atoms with E-state index < -0.39 is 5.82 Å². The summed E-state index contributed by atoms with van der Waals surface area (Å²) in [5, 5.41) is 8.59. The topological polar surface area (TPSA) is 29.5 Å². The average Bonchev–Trinajstić information content (AvgIpc) is 2.45. The van der Waals surface area contributed by atoms with E-state index in [1.165, 1.54) is 6.07 Å². The summed E-state index contributed by atoms with van der Waals surface area (Å²) in [7, 11) is 0. The molecule has 0 fully saturated rings. The molecule has 20 heavy (non-hydrogen) atoms. The van der Waals surface area contributed by atoms with Gasteiger partial charge in [-0.15, -0.1) is 0 Å². The normalized spacial score (nSPS) is 9.75. The summed E-state index contributed by atoms with van der Waals surface area (Å²) in [5.74, 6) is 4.96. The van der Waals surface area contributed by atoms with Crippen LogP contribution in [0.1, 0.15) is 16.7 Å². The van der Waals surface area contributed by atoms with Crippen LogP contribution in [0.5, 0.6) is 5.75 Å². The van der Waals surface area contributed by atoms with Gasteiger partial charge in [0, 0.05) is 6.07 Å². The minimum atomic E-state index is -0.451. The Balaban J connectivity index is 2.08. The smallest absolute Gasteiger partial charge is 0.142 e. The quantitative estimate of drug-likeness (QED) is 0.869. The van der Waals surface area contributed by atoms with E-state index in [0.29, 0.717) is 12.4 Å². The molecule has 2 rings (SSSR count). The molecule has 0 heterocycles. The Morgan fingerprint density at radius 2 is 2.00 bits per heavy atom. The summed E-state index contributed by atoms with van der Waals surface area (Å²) in [6.07, 6.45) is 0. The van der Waals surface area contributed by atoms with E-state index >= 15 is 0 Å². The summed E-state index contributed by atoms with van der Waals surface area (Å²) in [5.41, 5.74) is 2.46. The standard InChI is InChI=1S/C17H15FO2/c1-13-5-2-3-6-15(13)12-20-16-9-8-14(7-4-10-19)17(18)11-16/h2-3,5-6,8-9,11,19H,10,12H2,1H3. The van der Waals surface area contributed by atoms with E-state index in [9.17, 15) is 4.39 Å². The second-order valence-corrected chi connectivity index (χ2v) is 4.32. The number of aliphatic hydroxyl groups excluding tert-OH is 1. The third-order valence-electron chi connectivity index (χ3n) is 2.90. The molecule has 0 aliphatic carbocycles. The van der Waals surface area contributed by atoms with Crippen LogP contribution in [-0.2, 0) is 6.61 Å². The van der Waals surface area contributed by atoms with Gasteiger partial charge in [-0.3, -0.25) is 0 Å². The Bertz CT molecular complexity index is 654. The van der Waals surface area contributed by atoms with Crippen LogP contribution in [0, 0.1) is 24.6 Å². The number of rotatable bonds is 3. The molecule has 0 aliphatic heterocycles. The number of hydrogen-bond donors (Lipinski definition) is 1. The SMILES string of the molecule is Cc1ccccc1COc1ccc(C#CCO)c(F)c1. The lowest BCUT2D eigenvalue weighted by Crippen LogP contribution is -1.98. The summed E-state index contributed by atoms with van der Waals surface area (Å²) in [6.45, 7) is 2.12. The van der Waals surface area contributed by atoms with E-state index in [2.05, 4.69) is 11.8 Å². The molecule has 0 amide bonds. The van der Waals surface area contributed by atoms with Gasteiger partial charge in [-0.05, 0) is 30.2 Å². The molecule has 2 aromatic rings. The third-order valence-corrected chi connectivity index (χ3v) is 2.90. The van der Waals surface area contributed by atoms with Crippen LogP contribution in [0.3, 0.4) is 0 Å². The van der Waals surface area contributed by atoms with Crippen LogP contribution < -0.4 is 4.74 Å². The molecule has 102 valence electrons. The first-order valence-electron chi connectivity index (χ1n) is 6.27. The molecular weight excluding hydrogens is 255 g/mol. The van der Waals surface area contributed by atoms with Crippen LogP contribution in [0.2, 0.25) is 0 Å². The molecule has 2 aromatic carbocycles. The maximum Gasteiger partial charge on any atom is 0.142 e. The molecule has 0 saturated heterocycles. The Kier molecular flexibility index (Phi) is 4.75. The van der Waals surface area contributed by atoms with Crippen molar-refractivity contribution >= 4 is 0 Å². The summed E-state index contributed by atoms with van der Waals surface area (Å²) < 4.78 is 19.3. The minimum absolute atomic E-state index is 0.252. The fourth-order valence-corrected chi connectivity index (χ4v) is 1.75. The molecule has 0 unspecified atom stereocenters. The van der Waals surface area contributed by atoms with Crippen LogP contribution in [0.15, 0.2) is 42.5 Å². The van der Waals surface area contributed by atoms with Gasteiger partial charge < -0.3 is 9.84 Å². The summed E-state index contributed by atoms with van der Waals surface area (Å²) in [6, 6.07) is 12.4.